The maximum Gasteiger partial charge on any atom is 0.236 e. The van der Waals surface area contributed by atoms with Crippen molar-refractivity contribution in [3.05, 3.63) is 0 Å². The highest BCUT2D eigenvalue weighted by Gasteiger charge is 2.38. The fraction of sp³-hybridized carbons (Fsp3) is 0.909. The Hall–Kier alpha value is -0.610. The van der Waals surface area contributed by atoms with Crippen molar-refractivity contribution in [2.75, 3.05) is 33.2 Å². The summed E-state index contributed by atoms with van der Waals surface area (Å²) in [6.45, 7) is 7.97. The monoisotopic (exact) mass is 211 g/mol. The first-order valence-corrected chi connectivity index (χ1v) is 5.80. The Morgan fingerprint density at radius 3 is 2.80 bits per heavy atom. The summed E-state index contributed by atoms with van der Waals surface area (Å²) in [5.74, 6) is 0.871. The summed E-state index contributed by atoms with van der Waals surface area (Å²) in [6.07, 6.45) is 0. The number of rotatable bonds is 1. The molecule has 1 amide bonds. The van der Waals surface area contributed by atoms with E-state index in [1.54, 1.807) is 0 Å². The summed E-state index contributed by atoms with van der Waals surface area (Å²) in [4.78, 5) is 15.9. The van der Waals surface area contributed by atoms with Gasteiger partial charge in [-0.15, -0.1) is 0 Å². The van der Waals surface area contributed by atoms with E-state index < -0.39 is 0 Å². The quantitative estimate of drug-likeness (QED) is 0.650. The molecule has 0 aromatic heterocycles. The lowest BCUT2D eigenvalue weighted by Crippen LogP contribution is -2.67. The number of nitrogens with zero attached hydrogens (tertiary/aromatic N) is 2. The molecule has 0 radical (unpaired) electrons. The summed E-state index contributed by atoms with van der Waals surface area (Å²) < 4.78 is 0. The number of carbonyl (C=O) groups is 1. The Morgan fingerprint density at radius 2 is 2.13 bits per heavy atom. The molecule has 86 valence electrons. The maximum absolute atomic E-state index is 11.7. The molecule has 2 aliphatic rings. The van der Waals surface area contributed by atoms with Crippen molar-refractivity contribution in [2.24, 2.45) is 5.92 Å². The van der Waals surface area contributed by atoms with Gasteiger partial charge in [0.15, 0.2) is 0 Å². The van der Waals surface area contributed by atoms with Gasteiger partial charge in [-0.05, 0) is 5.92 Å². The lowest BCUT2D eigenvalue weighted by molar-refractivity contribution is -0.139. The summed E-state index contributed by atoms with van der Waals surface area (Å²) >= 11 is 0. The van der Waals surface area contributed by atoms with Crippen LogP contribution in [0.15, 0.2) is 0 Å². The van der Waals surface area contributed by atoms with Gasteiger partial charge in [0.1, 0.15) is 0 Å². The largest absolute Gasteiger partial charge is 0.343 e. The molecule has 0 aromatic rings. The fourth-order valence-electron chi connectivity index (χ4n) is 2.63. The van der Waals surface area contributed by atoms with Crippen molar-refractivity contribution in [1.29, 1.82) is 0 Å². The first kappa shape index (κ1) is 10.9. The summed E-state index contributed by atoms with van der Waals surface area (Å²) in [7, 11) is 1.90. The second-order valence-electron chi connectivity index (χ2n) is 5.07. The molecule has 2 fully saturated rings. The number of fused-ring (bicyclic) bond motifs is 1. The molecular formula is C11H21N3O. The number of hydrogen-bond acceptors (Lipinski definition) is 3. The molecule has 2 aliphatic heterocycles. The molecule has 2 atom stereocenters. The second kappa shape index (κ2) is 4.10. The van der Waals surface area contributed by atoms with Crippen LogP contribution in [0.4, 0.5) is 0 Å². The van der Waals surface area contributed by atoms with Crippen LogP contribution < -0.4 is 5.32 Å². The van der Waals surface area contributed by atoms with Gasteiger partial charge < -0.3 is 10.2 Å². The van der Waals surface area contributed by atoms with Gasteiger partial charge in [0.05, 0.1) is 6.54 Å². The van der Waals surface area contributed by atoms with Crippen LogP contribution in [0.1, 0.15) is 13.8 Å². The van der Waals surface area contributed by atoms with Gasteiger partial charge >= 0.3 is 0 Å². The van der Waals surface area contributed by atoms with E-state index in [1.165, 1.54) is 0 Å². The van der Waals surface area contributed by atoms with Crippen LogP contribution in [0, 0.1) is 5.92 Å². The molecule has 0 saturated carbocycles. The first-order chi connectivity index (χ1) is 7.09. The van der Waals surface area contributed by atoms with Crippen LogP contribution in [0.2, 0.25) is 0 Å². The van der Waals surface area contributed by atoms with Crippen LogP contribution in [-0.4, -0.2) is 61.0 Å². The third-order valence-electron chi connectivity index (χ3n) is 3.63. The zero-order valence-corrected chi connectivity index (χ0v) is 9.86. The van der Waals surface area contributed by atoms with E-state index in [9.17, 15) is 4.79 Å². The lowest BCUT2D eigenvalue weighted by atomic mass is 9.96. The van der Waals surface area contributed by atoms with Crippen LogP contribution in [-0.2, 0) is 4.79 Å². The number of nitrogens with one attached hydrogen (secondary N) is 1. The zero-order valence-electron chi connectivity index (χ0n) is 9.86. The molecule has 0 aliphatic carbocycles. The van der Waals surface area contributed by atoms with Gasteiger partial charge in [-0.2, -0.15) is 0 Å². The van der Waals surface area contributed by atoms with Gasteiger partial charge in [-0.25, -0.2) is 0 Å². The number of amides is 1. The Morgan fingerprint density at radius 1 is 1.40 bits per heavy atom. The van der Waals surface area contributed by atoms with E-state index in [0.29, 0.717) is 24.5 Å². The van der Waals surface area contributed by atoms with Gasteiger partial charge in [-0.1, -0.05) is 13.8 Å². The second-order valence-corrected chi connectivity index (χ2v) is 5.07. The Kier molecular flexibility index (Phi) is 2.98. The minimum atomic E-state index is 0.263. The molecule has 1 N–H and O–H groups in total. The summed E-state index contributed by atoms with van der Waals surface area (Å²) in [6, 6.07) is 1.02. The predicted octanol–water partition coefficient (Wildman–Crippen LogP) is -0.243. The van der Waals surface area contributed by atoms with Crippen molar-refractivity contribution < 1.29 is 4.79 Å². The van der Waals surface area contributed by atoms with Gasteiger partial charge in [0.2, 0.25) is 5.91 Å². The molecule has 15 heavy (non-hydrogen) atoms. The average molecular weight is 211 g/mol. The maximum atomic E-state index is 11.7. The van der Waals surface area contributed by atoms with E-state index in [1.807, 2.05) is 11.9 Å². The van der Waals surface area contributed by atoms with E-state index >= 15 is 0 Å². The smallest absolute Gasteiger partial charge is 0.236 e. The first-order valence-electron chi connectivity index (χ1n) is 5.80. The molecule has 2 heterocycles. The number of likely N-dealkylation sites (N-methyl/N-ethyl adjacent to an activating group) is 1. The Bertz CT molecular complexity index is 254. The molecule has 4 heteroatoms. The van der Waals surface area contributed by atoms with Crippen molar-refractivity contribution in [1.82, 2.24) is 15.1 Å². The van der Waals surface area contributed by atoms with Gasteiger partial charge in [-0.3, -0.25) is 9.69 Å². The average Bonchev–Trinajstić information content (AvgIpc) is 2.18. The number of hydrogen-bond donors (Lipinski definition) is 1. The van der Waals surface area contributed by atoms with Gasteiger partial charge in [0.25, 0.3) is 0 Å². The minimum Gasteiger partial charge on any atom is -0.343 e. The van der Waals surface area contributed by atoms with E-state index in [0.717, 1.165) is 19.6 Å². The Balaban J connectivity index is 2.10. The topological polar surface area (TPSA) is 35.6 Å². The van der Waals surface area contributed by atoms with Crippen LogP contribution >= 0.6 is 0 Å². The van der Waals surface area contributed by atoms with Crippen LogP contribution in [0.3, 0.4) is 0 Å². The molecule has 2 saturated heterocycles. The predicted molar refractivity (Wildman–Crippen MR) is 59.6 cm³/mol. The van der Waals surface area contributed by atoms with Crippen molar-refractivity contribution >= 4 is 5.91 Å². The molecule has 0 aromatic carbocycles. The van der Waals surface area contributed by atoms with E-state index in [-0.39, 0.29) is 5.91 Å². The lowest BCUT2D eigenvalue weighted by Gasteiger charge is -2.48. The highest BCUT2D eigenvalue weighted by atomic mass is 16.2. The third kappa shape index (κ3) is 2.01. The normalized spacial score (nSPS) is 33.3. The molecule has 2 unspecified atom stereocenters. The van der Waals surface area contributed by atoms with Crippen LogP contribution in [0.25, 0.3) is 0 Å². The molecule has 2 rings (SSSR count). The fourth-order valence-corrected chi connectivity index (χ4v) is 2.63. The highest BCUT2D eigenvalue weighted by Crippen LogP contribution is 2.20. The number of carbonyl (C=O) groups excluding carboxylic acids is 1. The molecule has 4 nitrogen and oxygen atoms in total. The van der Waals surface area contributed by atoms with Crippen molar-refractivity contribution in [2.45, 2.75) is 25.9 Å². The SMILES string of the molecule is CC(C)C1CNCC2CN(C)C(=O)CN21. The molecule has 0 bridgehead atoms. The zero-order chi connectivity index (χ0) is 11.0. The summed E-state index contributed by atoms with van der Waals surface area (Å²) in [5, 5.41) is 3.47. The van der Waals surface area contributed by atoms with E-state index in [2.05, 4.69) is 24.1 Å². The van der Waals surface area contributed by atoms with Gasteiger partial charge in [0, 0.05) is 38.8 Å². The number of piperazine rings is 2. The van der Waals surface area contributed by atoms with Crippen LogP contribution in [0.5, 0.6) is 0 Å². The van der Waals surface area contributed by atoms with E-state index in [4.69, 9.17) is 0 Å². The third-order valence-corrected chi connectivity index (χ3v) is 3.63. The highest BCUT2D eigenvalue weighted by molar-refractivity contribution is 5.79. The van der Waals surface area contributed by atoms with Crippen molar-refractivity contribution in [3.8, 4) is 0 Å². The minimum absolute atomic E-state index is 0.263. The summed E-state index contributed by atoms with van der Waals surface area (Å²) in [5.41, 5.74) is 0. The molecular weight excluding hydrogens is 190 g/mol. The van der Waals surface area contributed by atoms with Crippen molar-refractivity contribution in [3.63, 3.8) is 0 Å². The molecule has 0 spiro atoms. The Labute approximate surface area is 91.6 Å². The standard InChI is InChI=1S/C11H21N3O/c1-8(2)10-5-12-4-9-6-13(3)11(15)7-14(9)10/h8-10,12H,4-7H2,1-3H3.